The zero-order valence-electron chi connectivity index (χ0n) is 8.83. The zero-order chi connectivity index (χ0) is 13.1. The minimum atomic E-state index is -0.480. The van der Waals surface area contributed by atoms with Crippen molar-refractivity contribution in [2.45, 2.75) is 5.88 Å². The molecule has 0 amide bonds. The monoisotopic (exact) mass is 350 g/mol. The molecule has 0 radical (unpaired) electrons. The van der Waals surface area contributed by atoms with E-state index in [1.165, 1.54) is 18.5 Å². The lowest BCUT2D eigenvalue weighted by Gasteiger charge is -2.06. The highest BCUT2D eigenvalue weighted by Crippen LogP contribution is 2.32. The van der Waals surface area contributed by atoms with Crippen molar-refractivity contribution in [1.82, 2.24) is 9.97 Å². The molecule has 1 aromatic heterocycles. The first-order chi connectivity index (χ1) is 8.60. The Bertz CT molecular complexity index is 566. The van der Waals surface area contributed by atoms with Crippen molar-refractivity contribution in [2.75, 3.05) is 0 Å². The van der Waals surface area contributed by atoms with Crippen molar-refractivity contribution in [3.8, 4) is 11.8 Å². The summed E-state index contributed by atoms with van der Waals surface area (Å²) < 4.78 is 18.9. The van der Waals surface area contributed by atoms with Gasteiger partial charge >= 0.3 is 6.01 Å². The number of aromatic nitrogens is 2. The minimum Gasteiger partial charge on any atom is -0.423 e. The third-order valence-corrected chi connectivity index (χ3v) is 3.22. The molecule has 0 spiro atoms. The summed E-state index contributed by atoms with van der Waals surface area (Å²) in [5.41, 5.74) is 0.761. The molecule has 0 N–H and O–H groups in total. The highest BCUT2D eigenvalue weighted by atomic mass is 79.9. The number of hydrogen-bond donors (Lipinski definition) is 0. The highest BCUT2D eigenvalue weighted by Gasteiger charge is 2.10. The van der Waals surface area contributed by atoms with E-state index in [2.05, 4.69) is 25.9 Å². The number of nitrogens with zero attached hydrogens (tertiary/aromatic N) is 2. The van der Waals surface area contributed by atoms with Crippen LogP contribution in [-0.2, 0) is 5.88 Å². The van der Waals surface area contributed by atoms with Crippen molar-refractivity contribution in [1.29, 1.82) is 0 Å². The highest BCUT2D eigenvalue weighted by molar-refractivity contribution is 9.10. The van der Waals surface area contributed by atoms with E-state index in [4.69, 9.17) is 27.9 Å². The van der Waals surface area contributed by atoms with Gasteiger partial charge in [0.25, 0.3) is 0 Å². The SMILES string of the molecule is Fc1cc(Oc2ncc(CCl)cn2)c(Cl)cc1Br. The molecule has 2 aromatic rings. The Hall–Kier alpha value is -0.910. The summed E-state index contributed by atoms with van der Waals surface area (Å²) in [5, 5.41) is 0.258. The van der Waals surface area contributed by atoms with E-state index < -0.39 is 5.82 Å². The fourth-order valence-corrected chi connectivity index (χ4v) is 1.96. The van der Waals surface area contributed by atoms with Crippen LogP contribution in [-0.4, -0.2) is 9.97 Å². The van der Waals surface area contributed by atoms with Crippen LogP contribution in [0.15, 0.2) is 29.0 Å². The van der Waals surface area contributed by atoms with Crippen molar-refractivity contribution >= 4 is 39.1 Å². The lowest BCUT2D eigenvalue weighted by Crippen LogP contribution is -1.94. The van der Waals surface area contributed by atoms with Gasteiger partial charge in [-0.15, -0.1) is 11.6 Å². The van der Waals surface area contributed by atoms with Crippen molar-refractivity contribution < 1.29 is 9.13 Å². The maximum absolute atomic E-state index is 13.3. The summed E-state index contributed by atoms with van der Waals surface area (Å²) in [4.78, 5) is 7.85. The fourth-order valence-electron chi connectivity index (χ4n) is 1.15. The first kappa shape index (κ1) is 13.5. The normalized spacial score (nSPS) is 10.4. The molecule has 0 aliphatic heterocycles. The van der Waals surface area contributed by atoms with E-state index in [0.717, 1.165) is 11.6 Å². The molecule has 0 atom stereocenters. The first-order valence-electron chi connectivity index (χ1n) is 4.79. The Morgan fingerprint density at radius 1 is 1.28 bits per heavy atom. The van der Waals surface area contributed by atoms with Gasteiger partial charge in [-0.1, -0.05) is 11.6 Å². The largest absolute Gasteiger partial charge is 0.423 e. The van der Waals surface area contributed by atoms with Crippen molar-refractivity contribution in [3.05, 3.63) is 45.4 Å². The molecule has 0 aliphatic carbocycles. The Morgan fingerprint density at radius 2 is 1.94 bits per heavy atom. The Labute approximate surface area is 121 Å². The van der Waals surface area contributed by atoms with Gasteiger partial charge in [0.1, 0.15) is 5.82 Å². The number of alkyl halides is 1. The molecular formula is C11H6BrCl2FN2O. The molecule has 94 valence electrons. The molecule has 0 bridgehead atoms. The number of ether oxygens (including phenoxy) is 1. The Morgan fingerprint density at radius 3 is 2.56 bits per heavy atom. The lowest BCUT2D eigenvalue weighted by atomic mass is 10.3. The van der Waals surface area contributed by atoms with Crippen LogP contribution >= 0.6 is 39.1 Å². The molecule has 1 heterocycles. The van der Waals surface area contributed by atoms with Crippen LogP contribution in [0.3, 0.4) is 0 Å². The summed E-state index contributed by atoms with van der Waals surface area (Å²) in [6, 6.07) is 2.64. The topological polar surface area (TPSA) is 35.0 Å². The van der Waals surface area contributed by atoms with E-state index in [1.807, 2.05) is 0 Å². The van der Waals surface area contributed by atoms with Gasteiger partial charge in [-0.2, -0.15) is 0 Å². The second-order valence-electron chi connectivity index (χ2n) is 3.31. The van der Waals surface area contributed by atoms with Crippen LogP contribution < -0.4 is 4.74 Å². The molecule has 0 saturated heterocycles. The van der Waals surface area contributed by atoms with E-state index >= 15 is 0 Å². The van der Waals surface area contributed by atoms with E-state index in [-0.39, 0.29) is 21.3 Å². The van der Waals surface area contributed by atoms with Crippen LogP contribution in [0.2, 0.25) is 5.02 Å². The Kier molecular flexibility index (Phi) is 4.37. The molecule has 2 rings (SSSR count). The zero-order valence-corrected chi connectivity index (χ0v) is 11.9. The van der Waals surface area contributed by atoms with Crippen LogP contribution in [0, 0.1) is 5.82 Å². The van der Waals surface area contributed by atoms with Gasteiger partial charge in [0, 0.05) is 24.0 Å². The average Bonchev–Trinajstić information content (AvgIpc) is 2.37. The minimum absolute atomic E-state index is 0.0764. The summed E-state index contributed by atoms with van der Waals surface area (Å²) >= 11 is 14.5. The predicted octanol–water partition coefficient (Wildman–Crippen LogP) is 4.56. The van der Waals surface area contributed by atoms with Gasteiger partial charge in [-0.25, -0.2) is 14.4 Å². The predicted molar refractivity (Wildman–Crippen MR) is 70.8 cm³/mol. The van der Waals surface area contributed by atoms with Crippen molar-refractivity contribution in [2.24, 2.45) is 0 Å². The molecule has 1 aromatic carbocycles. The molecular weight excluding hydrogens is 346 g/mol. The summed E-state index contributed by atoms with van der Waals surface area (Å²) in [6.45, 7) is 0. The summed E-state index contributed by atoms with van der Waals surface area (Å²) in [7, 11) is 0. The van der Waals surface area contributed by atoms with E-state index in [1.54, 1.807) is 0 Å². The van der Waals surface area contributed by atoms with Crippen LogP contribution in [0.1, 0.15) is 5.56 Å². The maximum atomic E-state index is 13.3. The molecule has 0 aliphatic rings. The molecule has 7 heteroatoms. The molecule has 0 fully saturated rings. The number of benzene rings is 1. The van der Waals surface area contributed by atoms with E-state index in [0.29, 0.717) is 5.88 Å². The van der Waals surface area contributed by atoms with Gasteiger partial charge in [0.2, 0.25) is 0 Å². The molecule has 18 heavy (non-hydrogen) atoms. The number of rotatable bonds is 3. The molecule has 3 nitrogen and oxygen atoms in total. The third kappa shape index (κ3) is 3.10. The third-order valence-electron chi connectivity index (χ3n) is 2.01. The van der Waals surface area contributed by atoms with Gasteiger partial charge in [-0.3, -0.25) is 0 Å². The number of halogens is 4. The van der Waals surface area contributed by atoms with Gasteiger partial charge in [-0.05, 0) is 22.0 Å². The van der Waals surface area contributed by atoms with Gasteiger partial charge in [0.05, 0.1) is 15.4 Å². The van der Waals surface area contributed by atoms with Gasteiger partial charge in [0.15, 0.2) is 5.75 Å². The molecule has 0 unspecified atom stereocenters. The quantitative estimate of drug-likeness (QED) is 0.600. The first-order valence-corrected chi connectivity index (χ1v) is 6.50. The lowest BCUT2D eigenvalue weighted by molar-refractivity contribution is 0.437. The van der Waals surface area contributed by atoms with Gasteiger partial charge < -0.3 is 4.74 Å². The molecule has 0 saturated carbocycles. The maximum Gasteiger partial charge on any atom is 0.321 e. The van der Waals surface area contributed by atoms with Crippen LogP contribution in [0.4, 0.5) is 4.39 Å². The number of hydrogen-bond acceptors (Lipinski definition) is 3. The standard InChI is InChI=1S/C11H6BrCl2FN2O/c12-7-1-8(14)10(2-9(7)15)18-11-16-4-6(3-13)5-17-11/h1-2,4-5H,3H2. The van der Waals surface area contributed by atoms with E-state index in [9.17, 15) is 4.39 Å². The second-order valence-corrected chi connectivity index (χ2v) is 4.84. The van der Waals surface area contributed by atoms with Crippen LogP contribution in [0.25, 0.3) is 0 Å². The smallest absolute Gasteiger partial charge is 0.321 e. The summed E-state index contributed by atoms with van der Waals surface area (Å²) in [5.74, 6) is -0.0173. The van der Waals surface area contributed by atoms with Crippen LogP contribution in [0.5, 0.6) is 11.8 Å². The Balaban J connectivity index is 2.25. The second kappa shape index (κ2) is 5.82. The average molecular weight is 352 g/mol. The fraction of sp³-hybridized carbons (Fsp3) is 0.0909. The van der Waals surface area contributed by atoms with Crippen molar-refractivity contribution in [3.63, 3.8) is 0 Å². The summed E-state index contributed by atoms with van der Waals surface area (Å²) in [6.07, 6.45) is 3.05.